The third-order valence-corrected chi connectivity index (χ3v) is 3.84. The van der Waals surface area contributed by atoms with Crippen molar-refractivity contribution in [3.05, 3.63) is 66.4 Å². The summed E-state index contributed by atoms with van der Waals surface area (Å²) in [5.74, 6) is 0.416. The van der Waals surface area contributed by atoms with Crippen LogP contribution in [-0.4, -0.2) is 16.6 Å². The largest absolute Gasteiger partial charge is 0.491 e. The van der Waals surface area contributed by atoms with E-state index >= 15 is 0 Å². The summed E-state index contributed by atoms with van der Waals surface area (Å²) < 4.78 is 46.2. The molecule has 0 aliphatic carbocycles. The Bertz CT molecular complexity index is 946. The molecule has 2 N–H and O–H groups in total. The first-order chi connectivity index (χ1) is 13.8. The molecule has 29 heavy (non-hydrogen) atoms. The van der Waals surface area contributed by atoms with E-state index in [1.807, 2.05) is 19.9 Å². The van der Waals surface area contributed by atoms with Crippen molar-refractivity contribution < 1.29 is 17.9 Å². The van der Waals surface area contributed by atoms with Gasteiger partial charge in [-0.1, -0.05) is 44.2 Å². The molecule has 0 saturated heterocycles. The highest BCUT2D eigenvalue weighted by molar-refractivity contribution is 5.67. The first-order valence-electron chi connectivity index (χ1n) is 9.08. The molecule has 5 nitrogen and oxygen atoms in total. The monoisotopic (exact) mass is 402 g/mol. The minimum absolute atomic E-state index is 0.0484. The van der Waals surface area contributed by atoms with Crippen LogP contribution in [0.15, 0.2) is 60.8 Å². The number of hydrogen-bond donors (Lipinski definition) is 2. The van der Waals surface area contributed by atoms with Crippen LogP contribution in [0.25, 0.3) is 0 Å². The van der Waals surface area contributed by atoms with Crippen molar-refractivity contribution in [1.29, 1.82) is 0 Å². The van der Waals surface area contributed by atoms with Gasteiger partial charge in [-0.05, 0) is 30.2 Å². The van der Waals surface area contributed by atoms with Gasteiger partial charge in [-0.25, -0.2) is 4.98 Å². The second kappa shape index (κ2) is 8.81. The Morgan fingerprint density at radius 2 is 1.66 bits per heavy atom. The number of alkyl halides is 3. The predicted molar refractivity (Wildman–Crippen MR) is 107 cm³/mol. The van der Waals surface area contributed by atoms with Crippen LogP contribution in [0.3, 0.4) is 0 Å². The average Bonchev–Trinajstić information content (AvgIpc) is 2.67. The molecule has 0 aliphatic rings. The summed E-state index contributed by atoms with van der Waals surface area (Å²) in [4.78, 5) is 7.87. The fourth-order valence-corrected chi connectivity index (χ4v) is 2.48. The molecule has 0 fully saturated rings. The third kappa shape index (κ3) is 5.60. The molecule has 0 bridgehead atoms. The number of ether oxygens (including phenoxy) is 1. The molecule has 3 aromatic rings. The highest BCUT2D eigenvalue weighted by atomic mass is 19.4. The van der Waals surface area contributed by atoms with Crippen LogP contribution < -0.4 is 15.4 Å². The van der Waals surface area contributed by atoms with Gasteiger partial charge < -0.3 is 15.4 Å². The number of nitrogens with one attached hydrogen (secondary N) is 2. The summed E-state index contributed by atoms with van der Waals surface area (Å²) in [6.45, 7) is 4.42. The van der Waals surface area contributed by atoms with Crippen molar-refractivity contribution in [3.8, 4) is 5.75 Å². The van der Waals surface area contributed by atoms with E-state index < -0.39 is 11.7 Å². The van der Waals surface area contributed by atoms with Crippen LogP contribution in [0.1, 0.15) is 19.4 Å². The van der Waals surface area contributed by atoms with Gasteiger partial charge >= 0.3 is 6.18 Å². The molecule has 0 amide bonds. The highest BCUT2D eigenvalue weighted by Crippen LogP contribution is 2.37. The molecule has 3 rings (SSSR count). The number of halogens is 3. The molecule has 0 spiro atoms. The average molecular weight is 402 g/mol. The smallest absolute Gasteiger partial charge is 0.421 e. The number of aromatic nitrogens is 2. The lowest BCUT2D eigenvalue weighted by atomic mass is 10.2. The molecule has 0 atom stereocenters. The molecule has 1 aromatic heterocycles. The van der Waals surface area contributed by atoms with E-state index in [1.165, 1.54) is 0 Å². The zero-order valence-corrected chi connectivity index (χ0v) is 16.0. The molecular formula is C21H21F3N4O. The highest BCUT2D eigenvalue weighted by Gasteiger charge is 2.35. The number of rotatable bonds is 7. The van der Waals surface area contributed by atoms with Crippen LogP contribution in [0, 0.1) is 5.92 Å². The van der Waals surface area contributed by atoms with Crippen LogP contribution in [0.4, 0.5) is 36.3 Å². The molecule has 2 aromatic carbocycles. The first kappa shape index (κ1) is 20.4. The van der Waals surface area contributed by atoms with Crippen molar-refractivity contribution in [2.24, 2.45) is 5.92 Å². The Kier molecular flexibility index (Phi) is 6.21. The Morgan fingerprint density at radius 3 is 2.34 bits per heavy atom. The Hall–Kier alpha value is -3.29. The van der Waals surface area contributed by atoms with Crippen LogP contribution >= 0.6 is 0 Å². The quantitative estimate of drug-likeness (QED) is 0.506. The Labute approximate surface area is 167 Å². The molecule has 0 radical (unpaired) electrons. The zero-order chi connectivity index (χ0) is 20.9. The van der Waals surface area contributed by atoms with E-state index in [0.717, 1.165) is 6.20 Å². The van der Waals surface area contributed by atoms with Gasteiger partial charge in [0.15, 0.2) is 0 Å². The van der Waals surface area contributed by atoms with Crippen molar-refractivity contribution in [3.63, 3.8) is 0 Å². The van der Waals surface area contributed by atoms with E-state index in [2.05, 4.69) is 20.6 Å². The van der Waals surface area contributed by atoms with Gasteiger partial charge in [-0.15, -0.1) is 0 Å². The molecule has 0 aliphatic heterocycles. The van der Waals surface area contributed by atoms with Gasteiger partial charge in [0.25, 0.3) is 0 Å². The number of para-hydroxylation sites is 3. The van der Waals surface area contributed by atoms with E-state index in [0.29, 0.717) is 23.7 Å². The van der Waals surface area contributed by atoms with Gasteiger partial charge in [0, 0.05) is 11.9 Å². The van der Waals surface area contributed by atoms with Crippen molar-refractivity contribution >= 4 is 23.1 Å². The van der Waals surface area contributed by atoms with E-state index in [9.17, 15) is 13.2 Å². The minimum Gasteiger partial charge on any atom is -0.491 e. The van der Waals surface area contributed by atoms with Gasteiger partial charge in [-0.2, -0.15) is 18.2 Å². The molecular weight excluding hydrogens is 381 g/mol. The number of hydrogen-bond acceptors (Lipinski definition) is 5. The van der Waals surface area contributed by atoms with Crippen molar-refractivity contribution in [1.82, 2.24) is 9.97 Å². The van der Waals surface area contributed by atoms with Gasteiger partial charge in [-0.3, -0.25) is 0 Å². The lowest BCUT2D eigenvalue weighted by molar-refractivity contribution is -0.137. The topological polar surface area (TPSA) is 59.1 Å². The van der Waals surface area contributed by atoms with E-state index in [-0.39, 0.29) is 17.7 Å². The summed E-state index contributed by atoms with van der Waals surface area (Å²) in [7, 11) is 0. The van der Waals surface area contributed by atoms with Gasteiger partial charge in [0.05, 0.1) is 12.3 Å². The second-order valence-corrected chi connectivity index (χ2v) is 6.77. The molecule has 1 heterocycles. The summed E-state index contributed by atoms with van der Waals surface area (Å²) in [5.41, 5.74) is 0.0941. The van der Waals surface area contributed by atoms with Gasteiger partial charge in [0.1, 0.15) is 17.1 Å². The molecule has 152 valence electrons. The third-order valence-electron chi connectivity index (χ3n) is 3.84. The molecule has 0 saturated carbocycles. The summed E-state index contributed by atoms with van der Waals surface area (Å²) >= 11 is 0. The Morgan fingerprint density at radius 1 is 0.966 bits per heavy atom. The number of nitrogens with zero attached hydrogens (tertiary/aromatic N) is 2. The fraction of sp³-hybridized carbons (Fsp3) is 0.238. The number of anilines is 4. The summed E-state index contributed by atoms with van der Waals surface area (Å²) in [6.07, 6.45) is -3.85. The maximum atomic E-state index is 13.5. The predicted octanol–water partition coefficient (Wildman–Crippen LogP) is 6.02. The first-order valence-corrected chi connectivity index (χ1v) is 9.08. The van der Waals surface area contributed by atoms with Crippen LogP contribution in [-0.2, 0) is 6.18 Å². The SMILES string of the molecule is CC(C)COc1ccccc1Nc1nc(Nc2ccccc2)ncc1C(F)(F)F. The van der Waals surface area contributed by atoms with Crippen molar-refractivity contribution in [2.45, 2.75) is 20.0 Å². The summed E-state index contributed by atoms with van der Waals surface area (Å²) in [5, 5.41) is 5.66. The fourth-order valence-electron chi connectivity index (χ4n) is 2.48. The minimum atomic E-state index is -4.61. The Balaban J connectivity index is 1.93. The second-order valence-electron chi connectivity index (χ2n) is 6.77. The lowest BCUT2D eigenvalue weighted by Gasteiger charge is -2.17. The molecule has 0 unspecified atom stereocenters. The normalized spacial score (nSPS) is 11.4. The maximum absolute atomic E-state index is 13.5. The van der Waals surface area contributed by atoms with E-state index in [4.69, 9.17) is 4.74 Å². The van der Waals surface area contributed by atoms with Crippen LogP contribution in [0.2, 0.25) is 0 Å². The standard InChI is InChI=1S/C21H21F3N4O/c1-14(2)13-29-18-11-7-6-10-17(18)27-19-16(21(22,23)24)12-25-20(28-19)26-15-8-4-3-5-9-15/h3-12,14H,13H2,1-2H3,(H2,25,26,27,28). The van der Waals surface area contributed by atoms with Crippen molar-refractivity contribution in [2.75, 3.05) is 17.2 Å². The van der Waals surface area contributed by atoms with E-state index in [1.54, 1.807) is 48.5 Å². The lowest BCUT2D eigenvalue weighted by Crippen LogP contribution is -2.13. The zero-order valence-electron chi connectivity index (χ0n) is 16.0. The van der Waals surface area contributed by atoms with Gasteiger partial charge in [0.2, 0.25) is 5.95 Å². The summed E-state index contributed by atoms with van der Waals surface area (Å²) in [6, 6.07) is 15.8. The van der Waals surface area contributed by atoms with Crippen LogP contribution in [0.5, 0.6) is 5.75 Å². The molecule has 8 heteroatoms. The maximum Gasteiger partial charge on any atom is 0.421 e. The number of benzene rings is 2.